The van der Waals surface area contributed by atoms with Crippen LogP contribution in [-0.2, 0) is 65.4 Å². The molecule has 0 saturated heterocycles. The number of ether oxygens (including phenoxy) is 4. The van der Waals surface area contributed by atoms with Crippen LogP contribution >= 0.6 is 15.6 Å². The minimum absolute atomic E-state index is 0.00405. The first kappa shape index (κ1) is 101. The number of esters is 4. The van der Waals surface area contributed by atoms with Crippen LogP contribution in [0.4, 0.5) is 0 Å². The van der Waals surface area contributed by atoms with Gasteiger partial charge in [-0.15, -0.1) is 0 Å². The van der Waals surface area contributed by atoms with Crippen LogP contribution in [0.1, 0.15) is 310 Å². The summed E-state index contributed by atoms with van der Waals surface area (Å²) in [6.45, 7) is 4.43. The van der Waals surface area contributed by atoms with Gasteiger partial charge in [0.2, 0.25) is 0 Å². The van der Waals surface area contributed by atoms with Gasteiger partial charge in [-0.25, -0.2) is 9.13 Å². The maximum Gasteiger partial charge on any atom is 0.472 e. The molecule has 0 radical (unpaired) electrons. The lowest BCUT2D eigenvalue weighted by molar-refractivity contribution is -0.161. The van der Waals surface area contributed by atoms with Crippen molar-refractivity contribution < 1.29 is 80.2 Å². The van der Waals surface area contributed by atoms with E-state index in [-0.39, 0.29) is 25.7 Å². The third-order valence-corrected chi connectivity index (χ3v) is 18.4. The summed E-state index contributed by atoms with van der Waals surface area (Å²) < 4.78 is 68.6. The Morgan fingerprint density at radius 2 is 0.500 bits per heavy atom. The SMILES string of the molecule is CC/C=C\C/C=C\C/C=C\C/C=C\C/C=C\CCCCCC(=O)OCC(COP(=O)(O)OCC(O)COP(=O)(O)OCC(COC(=O)CCCCCCCCC/C=C\C/C=C\C/C=C\CC)OC(=O)CCCCCCCCCCCCCCC)OC(=O)CCC/C=C\C/C=C\C/C=C\C/C=C\C/C=C\CC. The zero-order chi connectivity index (χ0) is 77.4. The Kier molecular flexibility index (Phi) is 73.9. The van der Waals surface area contributed by atoms with Crippen molar-refractivity contribution in [2.45, 2.75) is 329 Å². The Morgan fingerprint density at radius 1 is 0.274 bits per heavy atom. The molecule has 0 rings (SSSR count). The minimum Gasteiger partial charge on any atom is -0.462 e. The molecule has 0 amide bonds. The number of hydrogen-bond acceptors (Lipinski definition) is 15. The minimum atomic E-state index is -5.01. The molecule has 0 aliphatic rings. The van der Waals surface area contributed by atoms with Gasteiger partial charge < -0.3 is 33.8 Å². The molecule has 0 heterocycles. The number of phosphoric acid groups is 2. The fourth-order valence-electron chi connectivity index (χ4n) is 10.4. The van der Waals surface area contributed by atoms with E-state index in [2.05, 4.69) is 174 Å². The van der Waals surface area contributed by atoms with Crippen molar-refractivity contribution >= 4 is 39.5 Å². The van der Waals surface area contributed by atoms with E-state index in [4.69, 9.17) is 37.0 Å². The van der Waals surface area contributed by atoms with Gasteiger partial charge in [-0.1, -0.05) is 301 Å². The standard InChI is InChI=1S/C87H144O17P2/c1-5-9-13-17-21-25-29-33-36-39-40-43-45-49-52-56-60-64-68-72-85(90)98-78-83(104-87(92)74-70-66-62-58-54-50-46-42-38-35-31-27-23-19-15-11-7-3)80-102-106(95,96)100-76-81(88)75-99-105(93,94)101-79-82(103-86(91)73-69-65-61-57-53-47-32-28-24-20-16-12-8-4)77-97-84(89)71-67-63-59-55-51-48-44-41-37-34-30-26-22-18-14-10-6-2/h9-11,13-15,21-23,25-27,33-38,40,43,46,49-50,52,58,62,81-83,88H,5-8,12,16-20,24,28-32,39,41-42,44-45,47-48,51,53-57,59-61,63-80H2,1-4H3,(H,93,94)(H,95,96)/b13-9-,14-10-,15-11-,25-21-,26-22-,27-23-,36-33-,37-34-,38-35-,43-40-,50-46-,52-49-,62-58-. The van der Waals surface area contributed by atoms with E-state index in [1.807, 2.05) is 12.2 Å². The molecule has 0 aliphatic carbocycles. The first-order valence-electron chi connectivity index (χ1n) is 40.7. The summed E-state index contributed by atoms with van der Waals surface area (Å²) in [6, 6.07) is 0. The van der Waals surface area contributed by atoms with Crippen molar-refractivity contribution in [3.8, 4) is 0 Å². The van der Waals surface area contributed by atoms with Gasteiger partial charge in [0.25, 0.3) is 0 Å². The van der Waals surface area contributed by atoms with E-state index in [0.717, 1.165) is 173 Å². The maximum atomic E-state index is 13.1. The number of carbonyl (C=O) groups is 4. The fraction of sp³-hybridized carbons (Fsp3) is 0.655. The number of allylic oxidation sites excluding steroid dienone is 26. The second kappa shape index (κ2) is 77.8. The molecule has 604 valence electrons. The van der Waals surface area contributed by atoms with Gasteiger partial charge in [0.1, 0.15) is 19.3 Å². The van der Waals surface area contributed by atoms with Crippen molar-refractivity contribution in [2.24, 2.45) is 0 Å². The Morgan fingerprint density at radius 3 is 0.802 bits per heavy atom. The predicted molar refractivity (Wildman–Crippen MR) is 436 cm³/mol. The highest BCUT2D eigenvalue weighted by molar-refractivity contribution is 7.47. The zero-order valence-corrected chi connectivity index (χ0v) is 67.8. The van der Waals surface area contributed by atoms with Gasteiger partial charge in [0.15, 0.2) is 12.2 Å². The van der Waals surface area contributed by atoms with Crippen molar-refractivity contribution in [1.82, 2.24) is 0 Å². The summed E-state index contributed by atoms with van der Waals surface area (Å²) in [5.74, 6) is -2.29. The molecule has 0 spiro atoms. The Balaban J connectivity index is 5.45. The van der Waals surface area contributed by atoms with E-state index in [0.29, 0.717) is 32.1 Å². The number of rotatable bonds is 75. The average molecular weight is 1520 g/mol. The lowest BCUT2D eigenvalue weighted by Crippen LogP contribution is -2.30. The molecular weight excluding hydrogens is 1380 g/mol. The molecule has 5 unspecified atom stereocenters. The van der Waals surface area contributed by atoms with Gasteiger partial charge in [0, 0.05) is 25.7 Å². The molecule has 0 aromatic carbocycles. The maximum absolute atomic E-state index is 13.1. The highest BCUT2D eigenvalue weighted by Crippen LogP contribution is 2.45. The highest BCUT2D eigenvalue weighted by atomic mass is 31.2. The molecule has 3 N–H and O–H groups in total. The van der Waals surface area contributed by atoms with Crippen LogP contribution in [0.5, 0.6) is 0 Å². The number of unbranched alkanes of at least 4 members (excludes halogenated alkanes) is 23. The molecule has 0 aromatic heterocycles. The third kappa shape index (κ3) is 76.9. The Hall–Kier alpha value is -5.32. The zero-order valence-electron chi connectivity index (χ0n) is 66.1. The number of aliphatic hydroxyl groups excluding tert-OH is 1. The molecule has 0 aliphatic heterocycles. The van der Waals surface area contributed by atoms with Crippen LogP contribution in [0.3, 0.4) is 0 Å². The number of carbonyl (C=O) groups excluding carboxylic acids is 4. The lowest BCUT2D eigenvalue weighted by atomic mass is 10.0. The molecule has 17 nitrogen and oxygen atoms in total. The van der Waals surface area contributed by atoms with Crippen molar-refractivity contribution in [1.29, 1.82) is 0 Å². The first-order chi connectivity index (χ1) is 51.7. The fourth-order valence-corrected chi connectivity index (χ4v) is 12.0. The largest absolute Gasteiger partial charge is 0.472 e. The molecular formula is C87H144O17P2. The van der Waals surface area contributed by atoms with Crippen LogP contribution in [0.2, 0.25) is 0 Å². The van der Waals surface area contributed by atoms with E-state index in [1.54, 1.807) is 0 Å². The molecule has 0 aromatic rings. The van der Waals surface area contributed by atoms with E-state index in [9.17, 15) is 43.2 Å². The second-order valence-corrected chi connectivity index (χ2v) is 29.5. The van der Waals surface area contributed by atoms with Gasteiger partial charge in [-0.05, 0) is 141 Å². The van der Waals surface area contributed by atoms with E-state index in [1.165, 1.54) is 51.4 Å². The van der Waals surface area contributed by atoms with Crippen LogP contribution in [0.25, 0.3) is 0 Å². The summed E-state index contributed by atoms with van der Waals surface area (Å²) in [5.41, 5.74) is 0. The summed E-state index contributed by atoms with van der Waals surface area (Å²) in [5, 5.41) is 10.7. The first-order valence-corrected chi connectivity index (χ1v) is 43.7. The highest BCUT2D eigenvalue weighted by Gasteiger charge is 2.30. The topological polar surface area (TPSA) is 237 Å². The van der Waals surface area contributed by atoms with Gasteiger partial charge in [0.05, 0.1) is 26.4 Å². The molecule has 5 atom stereocenters. The molecule has 0 fully saturated rings. The molecule has 0 saturated carbocycles. The lowest BCUT2D eigenvalue weighted by Gasteiger charge is -2.21. The smallest absolute Gasteiger partial charge is 0.462 e. The molecule has 19 heteroatoms. The third-order valence-electron chi connectivity index (χ3n) is 16.5. The van der Waals surface area contributed by atoms with Crippen LogP contribution in [0.15, 0.2) is 158 Å². The summed E-state index contributed by atoms with van der Waals surface area (Å²) in [6.07, 6.45) is 90.8. The average Bonchev–Trinajstić information content (AvgIpc) is 0.907. The Bertz CT molecular complexity index is 2630. The van der Waals surface area contributed by atoms with Crippen LogP contribution < -0.4 is 0 Å². The van der Waals surface area contributed by atoms with Crippen LogP contribution in [-0.4, -0.2) is 96.7 Å². The summed E-state index contributed by atoms with van der Waals surface area (Å²) in [4.78, 5) is 73.1. The summed E-state index contributed by atoms with van der Waals surface area (Å²) in [7, 11) is -10.00. The van der Waals surface area contributed by atoms with E-state index >= 15 is 0 Å². The predicted octanol–water partition coefficient (Wildman–Crippen LogP) is 24.0. The van der Waals surface area contributed by atoms with Crippen molar-refractivity contribution in [3.05, 3.63) is 158 Å². The number of phosphoric ester groups is 2. The number of hydrogen-bond donors (Lipinski definition) is 3. The normalized spacial score (nSPS) is 14.7. The van der Waals surface area contributed by atoms with E-state index < -0.39 is 97.5 Å². The van der Waals surface area contributed by atoms with Gasteiger partial charge >= 0.3 is 39.5 Å². The summed E-state index contributed by atoms with van der Waals surface area (Å²) >= 11 is 0. The van der Waals surface area contributed by atoms with Crippen molar-refractivity contribution in [3.63, 3.8) is 0 Å². The van der Waals surface area contributed by atoms with Gasteiger partial charge in [-0.3, -0.25) is 37.3 Å². The molecule has 106 heavy (non-hydrogen) atoms. The quantitative estimate of drug-likeness (QED) is 0.0169. The van der Waals surface area contributed by atoms with Crippen molar-refractivity contribution in [2.75, 3.05) is 39.6 Å². The van der Waals surface area contributed by atoms with Gasteiger partial charge in [-0.2, -0.15) is 0 Å². The molecule has 0 bridgehead atoms. The second-order valence-electron chi connectivity index (χ2n) is 26.6. The Labute approximate surface area is 642 Å². The van der Waals surface area contributed by atoms with Crippen LogP contribution in [0, 0.1) is 0 Å². The number of aliphatic hydroxyl groups is 1. The monoisotopic (exact) mass is 1520 g/mol.